The van der Waals surface area contributed by atoms with Crippen LogP contribution in [0, 0.1) is 0 Å². The first-order valence-electron chi connectivity index (χ1n) is 9.60. The van der Waals surface area contributed by atoms with Crippen molar-refractivity contribution in [1.82, 2.24) is 28.9 Å². The maximum absolute atomic E-state index is 12.6. The first kappa shape index (κ1) is 19.1. The largest absolute Gasteiger partial charge is 0.350 e. The van der Waals surface area contributed by atoms with Crippen LogP contribution in [0.25, 0.3) is 11.2 Å². The highest BCUT2D eigenvalue weighted by Gasteiger charge is 2.24. The van der Waals surface area contributed by atoms with Crippen LogP contribution in [-0.4, -0.2) is 48.6 Å². The number of rotatable bonds is 5. The van der Waals surface area contributed by atoms with E-state index in [-0.39, 0.29) is 29.7 Å². The number of hydrogen-bond donors (Lipinski definition) is 1. The van der Waals surface area contributed by atoms with Gasteiger partial charge in [-0.3, -0.25) is 23.6 Å². The lowest BCUT2D eigenvalue weighted by Gasteiger charge is -2.17. The molecule has 3 heterocycles. The highest BCUT2D eigenvalue weighted by molar-refractivity contribution is 5.79. The Labute approximate surface area is 167 Å². The molecule has 0 radical (unpaired) electrons. The molecule has 0 saturated carbocycles. The summed E-state index contributed by atoms with van der Waals surface area (Å²) in [4.78, 5) is 43.5. The van der Waals surface area contributed by atoms with Crippen molar-refractivity contribution in [1.29, 1.82) is 0 Å². The molecule has 2 aromatic heterocycles. The van der Waals surface area contributed by atoms with Gasteiger partial charge in [0.05, 0.1) is 6.33 Å². The minimum atomic E-state index is -0.455. The van der Waals surface area contributed by atoms with Crippen molar-refractivity contribution in [3.05, 3.63) is 63.1 Å². The molecule has 1 amide bonds. The molecule has 4 rings (SSSR count). The molecular formula is C20H24N6O3. The van der Waals surface area contributed by atoms with Crippen molar-refractivity contribution in [2.24, 2.45) is 14.1 Å². The molecule has 0 aliphatic carbocycles. The SMILES string of the molecule is Cn1c(=O)c2c(ncn2CC(=O)NC2CCN(Cc3ccccc3)C2)n(C)c1=O. The number of carbonyl (C=O) groups is 1. The predicted octanol–water partition coefficient (Wildman–Crippen LogP) is -0.176. The normalized spacial score (nSPS) is 17.1. The van der Waals surface area contributed by atoms with Crippen molar-refractivity contribution in [2.45, 2.75) is 25.6 Å². The molecular weight excluding hydrogens is 372 g/mol. The summed E-state index contributed by atoms with van der Waals surface area (Å²) in [5.74, 6) is -0.174. The van der Waals surface area contributed by atoms with Crippen LogP contribution in [0.4, 0.5) is 0 Å². The second-order valence-corrected chi connectivity index (χ2v) is 7.52. The Hall–Kier alpha value is -3.20. The Morgan fingerprint density at radius 2 is 1.93 bits per heavy atom. The minimum Gasteiger partial charge on any atom is -0.350 e. The number of likely N-dealkylation sites (tertiary alicyclic amines) is 1. The summed E-state index contributed by atoms with van der Waals surface area (Å²) in [6.07, 6.45) is 2.32. The number of carbonyl (C=O) groups excluding carboxylic acids is 1. The molecule has 9 heteroatoms. The van der Waals surface area contributed by atoms with Crippen molar-refractivity contribution in [2.75, 3.05) is 13.1 Å². The Balaban J connectivity index is 1.42. The fourth-order valence-corrected chi connectivity index (χ4v) is 3.88. The zero-order valence-corrected chi connectivity index (χ0v) is 16.5. The van der Waals surface area contributed by atoms with Gasteiger partial charge in [0, 0.05) is 39.8 Å². The van der Waals surface area contributed by atoms with E-state index in [1.54, 1.807) is 7.05 Å². The summed E-state index contributed by atoms with van der Waals surface area (Å²) < 4.78 is 3.84. The predicted molar refractivity (Wildman–Crippen MR) is 108 cm³/mol. The fraction of sp³-hybridized carbons (Fsp3) is 0.400. The third kappa shape index (κ3) is 3.73. The van der Waals surface area contributed by atoms with Crippen molar-refractivity contribution >= 4 is 17.1 Å². The lowest BCUT2D eigenvalue weighted by atomic mass is 10.2. The number of nitrogens with zero attached hydrogens (tertiary/aromatic N) is 5. The monoisotopic (exact) mass is 396 g/mol. The fourth-order valence-electron chi connectivity index (χ4n) is 3.88. The minimum absolute atomic E-state index is 0.0148. The quantitative estimate of drug-likeness (QED) is 0.646. The smallest absolute Gasteiger partial charge is 0.332 e. The van der Waals surface area contributed by atoms with Crippen molar-refractivity contribution < 1.29 is 4.79 Å². The summed E-state index contributed by atoms with van der Waals surface area (Å²) >= 11 is 0. The number of nitrogens with one attached hydrogen (secondary N) is 1. The van der Waals surface area contributed by atoms with Crippen LogP contribution in [0.3, 0.4) is 0 Å². The van der Waals surface area contributed by atoms with Gasteiger partial charge in [0.2, 0.25) is 5.91 Å². The maximum Gasteiger partial charge on any atom is 0.332 e. The second-order valence-electron chi connectivity index (χ2n) is 7.52. The van der Waals surface area contributed by atoms with Crippen molar-refractivity contribution in [3.63, 3.8) is 0 Å². The van der Waals surface area contributed by atoms with Crippen LogP contribution in [-0.2, 0) is 32.0 Å². The van der Waals surface area contributed by atoms with Crippen LogP contribution in [0.15, 0.2) is 46.2 Å². The van der Waals surface area contributed by atoms with E-state index in [1.807, 2.05) is 18.2 Å². The summed E-state index contributed by atoms with van der Waals surface area (Å²) in [6, 6.07) is 10.3. The Bertz CT molecular complexity index is 1160. The standard InChI is InChI=1S/C20H24N6O3/c1-23-18-17(19(28)24(2)20(23)29)26(13-21-18)12-16(27)22-15-8-9-25(11-15)10-14-6-4-3-5-7-14/h3-7,13,15H,8-12H2,1-2H3,(H,22,27). The van der Waals surface area contributed by atoms with E-state index in [0.717, 1.165) is 30.6 Å². The van der Waals surface area contributed by atoms with Gasteiger partial charge in [-0.2, -0.15) is 0 Å². The average Bonchev–Trinajstić information content (AvgIpc) is 3.32. The van der Waals surface area contributed by atoms with E-state index in [0.29, 0.717) is 0 Å². The van der Waals surface area contributed by atoms with Gasteiger partial charge >= 0.3 is 5.69 Å². The number of aromatic nitrogens is 4. The van der Waals surface area contributed by atoms with E-state index in [2.05, 4.69) is 27.3 Å². The lowest BCUT2D eigenvalue weighted by molar-refractivity contribution is -0.122. The number of aryl methyl sites for hydroxylation is 1. The third-order valence-corrected chi connectivity index (χ3v) is 5.42. The number of fused-ring (bicyclic) bond motifs is 1. The van der Waals surface area contributed by atoms with Crippen LogP contribution in [0.5, 0.6) is 0 Å². The van der Waals surface area contributed by atoms with E-state index < -0.39 is 11.2 Å². The molecule has 1 atom stereocenters. The van der Waals surface area contributed by atoms with Gasteiger partial charge in [-0.15, -0.1) is 0 Å². The Morgan fingerprint density at radius 1 is 1.17 bits per heavy atom. The molecule has 1 fully saturated rings. The van der Waals surface area contributed by atoms with Gasteiger partial charge in [0.25, 0.3) is 5.56 Å². The zero-order valence-electron chi connectivity index (χ0n) is 16.5. The second kappa shape index (κ2) is 7.67. The van der Waals surface area contributed by atoms with Gasteiger partial charge in [-0.05, 0) is 12.0 Å². The highest BCUT2D eigenvalue weighted by atomic mass is 16.2. The summed E-state index contributed by atoms with van der Waals surface area (Å²) in [6.45, 7) is 2.57. The van der Waals surface area contributed by atoms with Crippen LogP contribution in [0.1, 0.15) is 12.0 Å². The molecule has 3 aromatic rings. The molecule has 0 bridgehead atoms. The molecule has 1 saturated heterocycles. The lowest BCUT2D eigenvalue weighted by Crippen LogP contribution is -2.40. The van der Waals surface area contributed by atoms with Crippen LogP contribution >= 0.6 is 0 Å². The topological polar surface area (TPSA) is 94.2 Å². The first-order chi connectivity index (χ1) is 13.9. The van der Waals surface area contributed by atoms with Gasteiger partial charge in [0.1, 0.15) is 6.54 Å². The molecule has 0 spiro atoms. The van der Waals surface area contributed by atoms with E-state index >= 15 is 0 Å². The molecule has 1 aromatic carbocycles. The molecule has 1 aliphatic heterocycles. The zero-order chi connectivity index (χ0) is 20.5. The van der Waals surface area contributed by atoms with Gasteiger partial charge in [-0.25, -0.2) is 9.78 Å². The number of hydrogen-bond acceptors (Lipinski definition) is 5. The summed E-state index contributed by atoms with van der Waals surface area (Å²) in [5, 5.41) is 3.05. The third-order valence-electron chi connectivity index (χ3n) is 5.42. The van der Waals surface area contributed by atoms with E-state index in [9.17, 15) is 14.4 Å². The number of amides is 1. The Morgan fingerprint density at radius 3 is 2.69 bits per heavy atom. The number of imidazole rings is 1. The molecule has 1 unspecified atom stereocenters. The molecule has 1 aliphatic rings. The summed E-state index contributed by atoms with van der Waals surface area (Å²) in [5.41, 5.74) is 0.887. The molecule has 152 valence electrons. The average molecular weight is 396 g/mol. The van der Waals surface area contributed by atoms with Gasteiger partial charge < -0.3 is 9.88 Å². The van der Waals surface area contributed by atoms with Crippen LogP contribution in [0.2, 0.25) is 0 Å². The molecule has 9 nitrogen and oxygen atoms in total. The number of benzene rings is 1. The molecule has 1 N–H and O–H groups in total. The Kier molecular flexibility index (Phi) is 5.06. The van der Waals surface area contributed by atoms with Gasteiger partial charge in [-0.1, -0.05) is 30.3 Å². The van der Waals surface area contributed by atoms with Crippen molar-refractivity contribution in [3.8, 4) is 0 Å². The highest BCUT2D eigenvalue weighted by Crippen LogP contribution is 2.13. The molecule has 29 heavy (non-hydrogen) atoms. The maximum atomic E-state index is 12.6. The van der Waals surface area contributed by atoms with E-state index in [1.165, 1.54) is 28.1 Å². The van der Waals surface area contributed by atoms with E-state index in [4.69, 9.17) is 0 Å². The summed E-state index contributed by atoms with van der Waals surface area (Å²) in [7, 11) is 2.97. The first-order valence-corrected chi connectivity index (χ1v) is 9.60. The van der Waals surface area contributed by atoms with Gasteiger partial charge in [0.15, 0.2) is 11.2 Å². The van der Waals surface area contributed by atoms with Crippen LogP contribution < -0.4 is 16.6 Å².